The van der Waals surface area contributed by atoms with E-state index < -0.39 is 11.9 Å². The van der Waals surface area contributed by atoms with Crippen molar-refractivity contribution in [2.75, 3.05) is 13.2 Å². The standard InChI is InChI=1S/C9H11FO3/c10-7-2-1-3-9(4-7)13-6-8(12)5-11/h1-4,8,11-12H,5-6H2. The SMILES string of the molecule is OCC(O)COc1cccc(F)c1. The number of rotatable bonds is 4. The minimum absolute atomic E-state index is 0.0417. The molecule has 0 saturated heterocycles. The summed E-state index contributed by atoms with van der Waals surface area (Å²) < 4.78 is 17.6. The van der Waals surface area contributed by atoms with E-state index in [2.05, 4.69) is 0 Å². The summed E-state index contributed by atoms with van der Waals surface area (Å²) in [4.78, 5) is 0. The highest BCUT2D eigenvalue weighted by Crippen LogP contribution is 2.11. The lowest BCUT2D eigenvalue weighted by Crippen LogP contribution is -2.21. The Bertz CT molecular complexity index is 265. The highest BCUT2D eigenvalue weighted by molar-refractivity contribution is 5.22. The fraction of sp³-hybridized carbons (Fsp3) is 0.333. The predicted octanol–water partition coefficient (Wildman–Crippen LogP) is 0.558. The Morgan fingerprint density at radius 2 is 2.23 bits per heavy atom. The van der Waals surface area contributed by atoms with Crippen LogP contribution in [0.3, 0.4) is 0 Å². The van der Waals surface area contributed by atoms with Crippen LogP contribution in [0.4, 0.5) is 4.39 Å². The minimum atomic E-state index is -0.928. The Hall–Kier alpha value is -1.13. The van der Waals surface area contributed by atoms with Gasteiger partial charge in [0.2, 0.25) is 0 Å². The molecule has 0 aliphatic heterocycles. The molecule has 0 aliphatic rings. The molecular formula is C9H11FO3. The first-order valence-corrected chi connectivity index (χ1v) is 3.89. The van der Waals surface area contributed by atoms with E-state index >= 15 is 0 Å². The maximum atomic E-state index is 12.6. The smallest absolute Gasteiger partial charge is 0.126 e. The summed E-state index contributed by atoms with van der Waals surface area (Å²) in [5.41, 5.74) is 0. The van der Waals surface area contributed by atoms with E-state index in [1.54, 1.807) is 6.07 Å². The molecule has 1 rings (SSSR count). The molecular weight excluding hydrogens is 175 g/mol. The minimum Gasteiger partial charge on any atom is -0.491 e. The fourth-order valence-electron chi connectivity index (χ4n) is 0.802. The van der Waals surface area contributed by atoms with E-state index in [1.165, 1.54) is 18.2 Å². The van der Waals surface area contributed by atoms with Gasteiger partial charge in [0.15, 0.2) is 0 Å². The molecule has 72 valence electrons. The lowest BCUT2D eigenvalue weighted by atomic mass is 10.3. The molecule has 3 nitrogen and oxygen atoms in total. The third-order valence-electron chi connectivity index (χ3n) is 1.45. The number of aliphatic hydroxyl groups excluding tert-OH is 2. The van der Waals surface area contributed by atoms with Crippen LogP contribution < -0.4 is 4.74 Å². The lowest BCUT2D eigenvalue weighted by molar-refractivity contribution is 0.0535. The molecule has 0 saturated carbocycles. The van der Waals surface area contributed by atoms with Crippen LogP contribution in [0.15, 0.2) is 24.3 Å². The molecule has 0 aromatic heterocycles. The zero-order valence-corrected chi connectivity index (χ0v) is 6.98. The molecule has 2 N–H and O–H groups in total. The van der Waals surface area contributed by atoms with Crippen LogP contribution in [0.5, 0.6) is 5.75 Å². The Balaban J connectivity index is 2.45. The monoisotopic (exact) mass is 186 g/mol. The van der Waals surface area contributed by atoms with Crippen molar-refractivity contribution in [3.8, 4) is 5.75 Å². The van der Waals surface area contributed by atoms with Crippen molar-refractivity contribution in [3.63, 3.8) is 0 Å². The van der Waals surface area contributed by atoms with Gasteiger partial charge in [0, 0.05) is 6.07 Å². The summed E-state index contributed by atoms with van der Waals surface area (Å²) >= 11 is 0. The van der Waals surface area contributed by atoms with Crippen molar-refractivity contribution in [2.45, 2.75) is 6.10 Å². The summed E-state index contributed by atoms with van der Waals surface area (Å²) in [6.07, 6.45) is -0.928. The lowest BCUT2D eigenvalue weighted by Gasteiger charge is -2.09. The quantitative estimate of drug-likeness (QED) is 0.722. The Kier molecular flexibility index (Phi) is 3.67. The fourth-order valence-corrected chi connectivity index (χ4v) is 0.802. The van der Waals surface area contributed by atoms with Crippen LogP contribution in [-0.2, 0) is 0 Å². The largest absolute Gasteiger partial charge is 0.491 e. The third kappa shape index (κ3) is 3.40. The molecule has 0 aliphatic carbocycles. The van der Waals surface area contributed by atoms with Crippen molar-refractivity contribution in [2.24, 2.45) is 0 Å². The van der Waals surface area contributed by atoms with Gasteiger partial charge in [0.1, 0.15) is 24.3 Å². The van der Waals surface area contributed by atoms with Crippen LogP contribution in [0, 0.1) is 5.82 Å². The Morgan fingerprint density at radius 1 is 1.46 bits per heavy atom. The summed E-state index contributed by atoms with van der Waals surface area (Å²) in [5.74, 6) is -0.0523. The van der Waals surface area contributed by atoms with Crippen LogP contribution in [-0.4, -0.2) is 29.5 Å². The first kappa shape index (κ1) is 9.95. The summed E-state index contributed by atoms with van der Waals surface area (Å²) in [6.45, 7) is -0.407. The van der Waals surface area contributed by atoms with Gasteiger partial charge in [-0.1, -0.05) is 6.07 Å². The Morgan fingerprint density at radius 3 is 2.85 bits per heavy atom. The third-order valence-corrected chi connectivity index (χ3v) is 1.45. The zero-order valence-electron chi connectivity index (χ0n) is 6.98. The van der Waals surface area contributed by atoms with Gasteiger partial charge in [0.05, 0.1) is 6.61 Å². The summed E-state index contributed by atoms with van der Waals surface area (Å²) in [7, 11) is 0. The maximum Gasteiger partial charge on any atom is 0.126 e. The molecule has 4 heteroatoms. The predicted molar refractivity (Wildman–Crippen MR) is 45.0 cm³/mol. The molecule has 13 heavy (non-hydrogen) atoms. The first-order chi connectivity index (χ1) is 6.22. The molecule has 0 heterocycles. The number of hydrogen-bond donors (Lipinski definition) is 2. The van der Waals surface area contributed by atoms with E-state index in [4.69, 9.17) is 14.9 Å². The van der Waals surface area contributed by atoms with Gasteiger partial charge in [0.25, 0.3) is 0 Å². The van der Waals surface area contributed by atoms with Crippen molar-refractivity contribution in [3.05, 3.63) is 30.1 Å². The Labute approximate surface area is 75.4 Å². The van der Waals surface area contributed by atoms with Gasteiger partial charge in [-0.3, -0.25) is 0 Å². The topological polar surface area (TPSA) is 49.7 Å². The van der Waals surface area contributed by atoms with Crippen LogP contribution >= 0.6 is 0 Å². The van der Waals surface area contributed by atoms with Gasteiger partial charge in [-0.25, -0.2) is 4.39 Å². The van der Waals surface area contributed by atoms with Crippen LogP contribution in [0.2, 0.25) is 0 Å². The number of halogens is 1. The second-order valence-corrected chi connectivity index (χ2v) is 2.60. The molecule has 1 aromatic carbocycles. The summed E-state index contributed by atoms with van der Waals surface area (Å²) in [6, 6.07) is 5.60. The second kappa shape index (κ2) is 4.79. The normalized spacial score (nSPS) is 12.5. The van der Waals surface area contributed by atoms with E-state index in [-0.39, 0.29) is 13.2 Å². The van der Waals surface area contributed by atoms with Gasteiger partial charge < -0.3 is 14.9 Å². The maximum absolute atomic E-state index is 12.6. The van der Waals surface area contributed by atoms with Crippen molar-refractivity contribution < 1.29 is 19.3 Å². The molecule has 0 spiro atoms. The average Bonchev–Trinajstić information content (AvgIpc) is 2.14. The molecule has 1 atom stereocenters. The zero-order chi connectivity index (χ0) is 9.68. The number of hydrogen-bond acceptors (Lipinski definition) is 3. The van der Waals surface area contributed by atoms with E-state index in [0.717, 1.165) is 0 Å². The van der Waals surface area contributed by atoms with Gasteiger partial charge in [-0.15, -0.1) is 0 Å². The second-order valence-electron chi connectivity index (χ2n) is 2.60. The summed E-state index contributed by atoms with van der Waals surface area (Å²) in [5, 5.41) is 17.4. The van der Waals surface area contributed by atoms with Crippen molar-refractivity contribution in [1.29, 1.82) is 0 Å². The van der Waals surface area contributed by atoms with Crippen LogP contribution in [0.1, 0.15) is 0 Å². The molecule has 0 bridgehead atoms. The van der Waals surface area contributed by atoms with Crippen LogP contribution in [0.25, 0.3) is 0 Å². The molecule has 0 radical (unpaired) electrons. The number of benzene rings is 1. The van der Waals surface area contributed by atoms with Gasteiger partial charge in [-0.2, -0.15) is 0 Å². The average molecular weight is 186 g/mol. The first-order valence-electron chi connectivity index (χ1n) is 3.89. The van der Waals surface area contributed by atoms with E-state index in [0.29, 0.717) is 5.75 Å². The van der Waals surface area contributed by atoms with Crippen molar-refractivity contribution >= 4 is 0 Å². The highest BCUT2D eigenvalue weighted by Gasteiger charge is 2.02. The van der Waals surface area contributed by atoms with Gasteiger partial charge >= 0.3 is 0 Å². The molecule has 0 fully saturated rings. The molecule has 0 amide bonds. The highest BCUT2D eigenvalue weighted by atomic mass is 19.1. The van der Waals surface area contributed by atoms with E-state index in [1.807, 2.05) is 0 Å². The number of aliphatic hydroxyl groups is 2. The van der Waals surface area contributed by atoms with E-state index in [9.17, 15) is 4.39 Å². The molecule has 1 aromatic rings. The molecule has 1 unspecified atom stereocenters. The van der Waals surface area contributed by atoms with Crippen molar-refractivity contribution in [1.82, 2.24) is 0 Å². The number of ether oxygens (including phenoxy) is 1. The van der Waals surface area contributed by atoms with Gasteiger partial charge in [-0.05, 0) is 12.1 Å².